The van der Waals surface area contributed by atoms with Crippen molar-refractivity contribution in [3.05, 3.63) is 0 Å². The summed E-state index contributed by atoms with van der Waals surface area (Å²) in [6.07, 6.45) is 8.99. The van der Waals surface area contributed by atoms with Crippen LogP contribution in [-0.2, 0) is 4.79 Å². The Morgan fingerprint density at radius 1 is 1.11 bits per heavy atom. The number of carbonyl (C=O) groups excluding carboxylic acids is 1. The third kappa shape index (κ3) is 3.08. The Bertz CT molecular complexity index is 323. The van der Waals surface area contributed by atoms with Crippen molar-refractivity contribution in [1.29, 1.82) is 0 Å². The Morgan fingerprint density at radius 3 is 2.58 bits per heavy atom. The number of nitrogens with two attached hydrogens (primary N) is 1. The van der Waals surface area contributed by atoms with Gasteiger partial charge < -0.3 is 11.1 Å². The third-order valence-corrected chi connectivity index (χ3v) is 5.72. The first-order valence-electron chi connectivity index (χ1n) is 7.75. The molecule has 2 bridgehead atoms. The fraction of sp³-hybridized carbons (Fsp3) is 0.933. The highest BCUT2D eigenvalue weighted by Crippen LogP contribution is 2.48. The zero-order valence-corrected chi connectivity index (χ0v) is 12.5. The largest absolute Gasteiger partial charge is 0.356 e. The van der Waals surface area contributed by atoms with Gasteiger partial charge in [-0.2, -0.15) is 0 Å². The van der Waals surface area contributed by atoms with E-state index in [-0.39, 0.29) is 24.2 Å². The minimum Gasteiger partial charge on any atom is -0.356 e. The summed E-state index contributed by atoms with van der Waals surface area (Å²) in [6, 6.07) is 0. The van der Waals surface area contributed by atoms with Crippen LogP contribution in [0.25, 0.3) is 0 Å². The summed E-state index contributed by atoms with van der Waals surface area (Å²) in [5.41, 5.74) is 5.75. The summed E-state index contributed by atoms with van der Waals surface area (Å²) >= 11 is 0. The first kappa shape index (κ1) is 15.1. The molecule has 3 N–H and O–H groups in total. The Hall–Kier alpha value is -0.280. The number of fused-ring (bicyclic) bond motifs is 2. The molecule has 0 aromatic rings. The van der Waals surface area contributed by atoms with Gasteiger partial charge in [0, 0.05) is 12.5 Å². The lowest BCUT2D eigenvalue weighted by atomic mass is 9.88. The van der Waals surface area contributed by atoms with Crippen LogP contribution in [0.1, 0.15) is 44.9 Å². The van der Waals surface area contributed by atoms with Crippen molar-refractivity contribution in [3.8, 4) is 0 Å². The summed E-state index contributed by atoms with van der Waals surface area (Å²) in [6.45, 7) is 1.60. The van der Waals surface area contributed by atoms with E-state index >= 15 is 0 Å². The van der Waals surface area contributed by atoms with E-state index in [1.54, 1.807) is 0 Å². The van der Waals surface area contributed by atoms with Gasteiger partial charge in [0.15, 0.2) is 0 Å². The van der Waals surface area contributed by atoms with Crippen LogP contribution >= 0.6 is 12.4 Å². The van der Waals surface area contributed by atoms with Gasteiger partial charge in [-0.05, 0) is 62.3 Å². The minimum absolute atomic E-state index is 0. The molecule has 3 saturated carbocycles. The van der Waals surface area contributed by atoms with E-state index in [2.05, 4.69) is 5.32 Å². The van der Waals surface area contributed by atoms with Crippen LogP contribution in [0.3, 0.4) is 0 Å². The predicted molar refractivity (Wildman–Crippen MR) is 79.1 cm³/mol. The molecular weight excluding hydrogens is 260 g/mol. The number of carbonyl (C=O) groups is 1. The van der Waals surface area contributed by atoms with Crippen LogP contribution in [0, 0.1) is 29.6 Å². The lowest BCUT2D eigenvalue weighted by Crippen LogP contribution is -2.38. The summed E-state index contributed by atoms with van der Waals surface area (Å²) < 4.78 is 0. The van der Waals surface area contributed by atoms with Gasteiger partial charge in [0.25, 0.3) is 0 Å². The van der Waals surface area contributed by atoms with Crippen LogP contribution in [0.4, 0.5) is 0 Å². The average molecular weight is 287 g/mol. The molecule has 0 saturated heterocycles. The SMILES string of the molecule is Cl.NC[C@H]1CCC[C@H]1C(=O)NCC1CC2CCC1C2. The van der Waals surface area contributed by atoms with Gasteiger partial charge in [-0.15, -0.1) is 12.4 Å². The van der Waals surface area contributed by atoms with Crippen molar-refractivity contribution < 1.29 is 4.79 Å². The Labute approximate surface area is 122 Å². The zero-order valence-electron chi connectivity index (χ0n) is 11.6. The molecule has 1 amide bonds. The quantitative estimate of drug-likeness (QED) is 0.833. The molecular formula is C15H27ClN2O. The molecule has 0 spiro atoms. The second kappa shape index (κ2) is 6.45. The maximum absolute atomic E-state index is 12.2. The molecule has 0 aromatic carbocycles. The van der Waals surface area contributed by atoms with Crippen LogP contribution in [-0.4, -0.2) is 19.0 Å². The topological polar surface area (TPSA) is 55.1 Å². The molecule has 0 heterocycles. The number of rotatable bonds is 4. The molecule has 3 aliphatic carbocycles. The second-order valence-electron chi connectivity index (χ2n) is 6.71. The van der Waals surface area contributed by atoms with Crippen molar-refractivity contribution in [2.24, 2.45) is 35.3 Å². The molecule has 3 fully saturated rings. The maximum atomic E-state index is 12.2. The minimum atomic E-state index is 0. The zero-order chi connectivity index (χ0) is 12.5. The summed E-state index contributed by atoms with van der Waals surface area (Å²) in [5.74, 6) is 3.57. The molecule has 110 valence electrons. The molecule has 3 rings (SSSR count). The Kier molecular flexibility index (Phi) is 5.13. The third-order valence-electron chi connectivity index (χ3n) is 5.72. The van der Waals surface area contributed by atoms with Gasteiger partial charge in [0.1, 0.15) is 0 Å². The number of nitrogens with one attached hydrogen (secondary N) is 1. The lowest BCUT2D eigenvalue weighted by molar-refractivity contribution is -0.126. The molecule has 3 unspecified atom stereocenters. The van der Waals surface area contributed by atoms with Crippen molar-refractivity contribution in [3.63, 3.8) is 0 Å². The second-order valence-corrected chi connectivity index (χ2v) is 6.71. The normalized spacial score (nSPS) is 40.2. The van der Waals surface area contributed by atoms with Crippen LogP contribution in [0.2, 0.25) is 0 Å². The van der Waals surface area contributed by atoms with E-state index < -0.39 is 0 Å². The van der Waals surface area contributed by atoms with Gasteiger partial charge in [-0.3, -0.25) is 4.79 Å². The van der Waals surface area contributed by atoms with Crippen molar-refractivity contribution >= 4 is 18.3 Å². The van der Waals surface area contributed by atoms with E-state index in [0.717, 1.165) is 37.1 Å². The van der Waals surface area contributed by atoms with Crippen molar-refractivity contribution in [1.82, 2.24) is 5.32 Å². The van der Waals surface area contributed by atoms with Gasteiger partial charge in [0.05, 0.1) is 0 Å². The molecule has 0 aliphatic heterocycles. The van der Waals surface area contributed by atoms with Crippen molar-refractivity contribution in [2.45, 2.75) is 44.9 Å². The molecule has 3 nitrogen and oxygen atoms in total. The number of hydrogen-bond donors (Lipinski definition) is 2. The molecule has 19 heavy (non-hydrogen) atoms. The summed E-state index contributed by atoms with van der Waals surface area (Å²) in [5, 5.41) is 3.22. The lowest BCUT2D eigenvalue weighted by Gasteiger charge is -2.24. The van der Waals surface area contributed by atoms with E-state index in [0.29, 0.717) is 12.5 Å². The van der Waals surface area contributed by atoms with Gasteiger partial charge >= 0.3 is 0 Å². The fourth-order valence-corrected chi connectivity index (χ4v) is 4.65. The van der Waals surface area contributed by atoms with Crippen LogP contribution in [0.5, 0.6) is 0 Å². The van der Waals surface area contributed by atoms with Gasteiger partial charge in [-0.25, -0.2) is 0 Å². The molecule has 3 aliphatic rings. The van der Waals surface area contributed by atoms with Crippen LogP contribution in [0.15, 0.2) is 0 Å². The molecule has 0 aromatic heterocycles. The van der Waals surface area contributed by atoms with E-state index in [1.165, 1.54) is 32.1 Å². The Morgan fingerprint density at radius 2 is 1.95 bits per heavy atom. The van der Waals surface area contributed by atoms with E-state index in [4.69, 9.17) is 5.73 Å². The van der Waals surface area contributed by atoms with E-state index in [1.807, 2.05) is 0 Å². The monoisotopic (exact) mass is 286 g/mol. The first-order valence-corrected chi connectivity index (χ1v) is 7.75. The van der Waals surface area contributed by atoms with E-state index in [9.17, 15) is 4.79 Å². The molecule has 0 radical (unpaired) electrons. The van der Waals surface area contributed by atoms with Gasteiger partial charge in [0.2, 0.25) is 5.91 Å². The average Bonchev–Trinajstić information content (AvgIpc) is 3.10. The molecule has 5 atom stereocenters. The van der Waals surface area contributed by atoms with Gasteiger partial charge in [-0.1, -0.05) is 12.8 Å². The fourth-order valence-electron chi connectivity index (χ4n) is 4.65. The predicted octanol–water partition coefficient (Wildman–Crippen LogP) is 2.34. The maximum Gasteiger partial charge on any atom is 0.223 e. The van der Waals surface area contributed by atoms with Crippen LogP contribution < -0.4 is 11.1 Å². The number of amides is 1. The highest BCUT2D eigenvalue weighted by molar-refractivity contribution is 5.85. The summed E-state index contributed by atoms with van der Waals surface area (Å²) in [7, 11) is 0. The summed E-state index contributed by atoms with van der Waals surface area (Å²) in [4.78, 5) is 12.2. The standard InChI is InChI=1S/C15H26N2O.ClH/c16-8-12-2-1-3-14(12)15(18)17-9-13-7-10-4-5-11(13)6-10;/h10-14H,1-9,16H2,(H,17,18);1H/t10?,11?,12-,13?,14-;/m1./s1. The molecule has 4 heteroatoms. The highest BCUT2D eigenvalue weighted by atomic mass is 35.5. The smallest absolute Gasteiger partial charge is 0.223 e. The highest BCUT2D eigenvalue weighted by Gasteiger charge is 2.40. The number of halogens is 1. The van der Waals surface area contributed by atoms with Crippen molar-refractivity contribution in [2.75, 3.05) is 13.1 Å². The number of hydrogen-bond acceptors (Lipinski definition) is 2. The first-order chi connectivity index (χ1) is 8.78. The Balaban J connectivity index is 0.00000133.